The summed E-state index contributed by atoms with van der Waals surface area (Å²) in [6.07, 6.45) is 0.644. The lowest BCUT2D eigenvalue weighted by atomic mass is 10.3. The van der Waals surface area contributed by atoms with Crippen LogP contribution in [0, 0.1) is 13.8 Å². The number of guanidine groups is 1. The summed E-state index contributed by atoms with van der Waals surface area (Å²) in [5.41, 5.74) is 1.01. The van der Waals surface area contributed by atoms with Crippen molar-refractivity contribution in [1.29, 1.82) is 0 Å². The number of rotatable bonds is 4. The second-order valence-corrected chi connectivity index (χ2v) is 8.70. The minimum atomic E-state index is -2.88. The van der Waals surface area contributed by atoms with Crippen molar-refractivity contribution in [2.75, 3.05) is 18.1 Å². The van der Waals surface area contributed by atoms with E-state index in [1.165, 1.54) is 0 Å². The van der Waals surface area contributed by atoms with Crippen molar-refractivity contribution in [3.05, 3.63) is 15.6 Å². The monoisotopic (exact) mass is 458 g/mol. The van der Waals surface area contributed by atoms with E-state index in [-0.39, 0.29) is 41.5 Å². The Balaban J connectivity index is 0.00000242. The van der Waals surface area contributed by atoms with Crippen molar-refractivity contribution in [2.45, 2.75) is 39.8 Å². The summed E-state index contributed by atoms with van der Waals surface area (Å²) in [4.78, 5) is 10.1. The van der Waals surface area contributed by atoms with Crippen molar-refractivity contribution >= 4 is 51.1 Å². The van der Waals surface area contributed by atoms with Crippen LogP contribution in [0.25, 0.3) is 0 Å². The Morgan fingerprint density at radius 2 is 2.18 bits per heavy atom. The molecular formula is C13H23IN4O2S2. The average molecular weight is 458 g/mol. The molecule has 126 valence electrons. The molecule has 1 aliphatic rings. The van der Waals surface area contributed by atoms with Crippen LogP contribution in [0.3, 0.4) is 0 Å². The molecule has 1 aliphatic heterocycles. The van der Waals surface area contributed by atoms with Gasteiger partial charge in [-0.25, -0.2) is 18.4 Å². The maximum absolute atomic E-state index is 11.5. The highest BCUT2D eigenvalue weighted by Gasteiger charge is 2.28. The number of sulfone groups is 1. The van der Waals surface area contributed by atoms with Gasteiger partial charge in [0.25, 0.3) is 0 Å². The van der Waals surface area contributed by atoms with Gasteiger partial charge in [-0.15, -0.1) is 35.3 Å². The van der Waals surface area contributed by atoms with Crippen LogP contribution in [0.15, 0.2) is 4.99 Å². The number of nitrogens with zero attached hydrogens (tertiary/aromatic N) is 2. The van der Waals surface area contributed by atoms with Gasteiger partial charge in [0.2, 0.25) is 0 Å². The van der Waals surface area contributed by atoms with Crippen molar-refractivity contribution in [3.8, 4) is 0 Å². The molecule has 0 radical (unpaired) electrons. The summed E-state index contributed by atoms with van der Waals surface area (Å²) >= 11 is 1.65. The first-order valence-corrected chi connectivity index (χ1v) is 9.71. The fourth-order valence-corrected chi connectivity index (χ4v) is 4.83. The normalized spacial score (nSPS) is 20.5. The van der Waals surface area contributed by atoms with E-state index in [9.17, 15) is 8.42 Å². The van der Waals surface area contributed by atoms with Crippen LogP contribution in [0.1, 0.15) is 28.9 Å². The van der Waals surface area contributed by atoms with Crippen molar-refractivity contribution < 1.29 is 8.42 Å². The van der Waals surface area contributed by atoms with E-state index < -0.39 is 9.84 Å². The molecule has 0 saturated carbocycles. The first-order valence-electron chi connectivity index (χ1n) is 7.08. The maximum Gasteiger partial charge on any atom is 0.191 e. The molecule has 9 heteroatoms. The first-order chi connectivity index (χ1) is 9.89. The largest absolute Gasteiger partial charge is 0.357 e. The zero-order valence-corrected chi connectivity index (χ0v) is 17.0. The minimum absolute atomic E-state index is 0. The predicted octanol–water partition coefficient (Wildman–Crippen LogP) is 1.62. The molecule has 1 atom stereocenters. The van der Waals surface area contributed by atoms with Crippen molar-refractivity contribution in [1.82, 2.24) is 15.6 Å². The van der Waals surface area contributed by atoms with Gasteiger partial charge in [0, 0.05) is 17.5 Å². The maximum atomic E-state index is 11.5. The summed E-state index contributed by atoms with van der Waals surface area (Å²) in [6.45, 7) is 7.26. The SMILES string of the molecule is CCNC(=NCc1sc(C)nc1C)NC1CCS(=O)(=O)C1.I. The Morgan fingerprint density at radius 1 is 1.45 bits per heavy atom. The fourth-order valence-electron chi connectivity index (χ4n) is 2.29. The van der Waals surface area contributed by atoms with E-state index in [1.807, 2.05) is 20.8 Å². The number of hydrogen-bond acceptors (Lipinski definition) is 5. The van der Waals surface area contributed by atoms with Gasteiger partial charge in [-0.2, -0.15) is 0 Å². The number of thiazole rings is 1. The molecule has 1 aromatic heterocycles. The third kappa shape index (κ3) is 5.65. The minimum Gasteiger partial charge on any atom is -0.357 e. The zero-order chi connectivity index (χ0) is 15.5. The Morgan fingerprint density at radius 3 is 2.68 bits per heavy atom. The first kappa shape index (κ1) is 19.6. The third-order valence-electron chi connectivity index (χ3n) is 3.30. The van der Waals surface area contributed by atoms with Gasteiger partial charge in [0.1, 0.15) is 0 Å². The second-order valence-electron chi connectivity index (χ2n) is 5.18. The molecule has 0 aromatic carbocycles. The zero-order valence-electron chi connectivity index (χ0n) is 13.0. The number of nitrogens with one attached hydrogen (secondary N) is 2. The molecule has 0 amide bonds. The topological polar surface area (TPSA) is 83.4 Å². The van der Waals surface area contributed by atoms with Gasteiger partial charge >= 0.3 is 0 Å². The van der Waals surface area contributed by atoms with E-state index in [4.69, 9.17) is 0 Å². The molecule has 1 fully saturated rings. The number of halogens is 1. The summed E-state index contributed by atoms with van der Waals surface area (Å²) in [7, 11) is -2.88. The van der Waals surface area contributed by atoms with Gasteiger partial charge < -0.3 is 10.6 Å². The van der Waals surface area contributed by atoms with E-state index in [1.54, 1.807) is 11.3 Å². The van der Waals surface area contributed by atoms with Crippen LogP contribution in [-0.4, -0.2) is 43.5 Å². The third-order valence-corrected chi connectivity index (χ3v) is 6.12. The average Bonchev–Trinajstić information content (AvgIpc) is 2.89. The molecule has 1 unspecified atom stereocenters. The molecule has 1 aromatic rings. The van der Waals surface area contributed by atoms with Crippen LogP contribution in [0.2, 0.25) is 0 Å². The van der Waals surface area contributed by atoms with Gasteiger partial charge in [-0.05, 0) is 27.2 Å². The second kappa shape index (κ2) is 8.44. The molecule has 1 saturated heterocycles. The van der Waals surface area contributed by atoms with Gasteiger partial charge in [-0.1, -0.05) is 0 Å². The van der Waals surface area contributed by atoms with Crippen molar-refractivity contribution in [2.24, 2.45) is 4.99 Å². The molecule has 0 bridgehead atoms. The molecule has 6 nitrogen and oxygen atoms in total. The predicted molar refractivity (Wildman–Crippen MR) is 102 cm³/mol. The van der Waals surface area contributed by atoms with Crippen LogP contribution in [0.5, 0.6) is 0 Å². The molecule has 2 N–H and O–H groups in total. The molecule has 22 heavy (non-hydrogen) atoms. The Labute approximate surface area is 153 Å². The van der Waals surface area contributed by atoms with E-state index in [0.29, 0.717) is 18.9 Å². The van der Waals surface area contributed by atoms with E-state index in [0.717, 1.165) is 22.1 Å². The summed E-state index contributed by atoms with van der Waals surface area (Å²) < 4.78 is 23.0. The lowest BCUT2D eigenvalue weighted by molar-refractivity contribution is 0.599. The molecule has 2 heterocycles. The van der Waals surface area contributed by atoms with Crippen LogP contribution >= 0.6 is 35.3 Å². The smallest absolute Gasteiger partial charge is 0.191 e. The van der Waals surface area contributed by atoms with Crippen LogP contribution in [0.4, 0.5) is 0 Å². The standard InChI is InChI=1S/C13H22N4O2S2.HI/c1-4-14-13(17-11-5-6-21(18,19)8-11)15-7-12-9(2)16-10(3)20-12;/h11H,4-8H2,1-3H3,(H2,14,15,17);1H. The molecule has 0 spiro atoms. The highest BCUT2D eigenvalue weighted by molar-refractivity contribution is 14.0. The van der Waals surface area contributed by atoms with E-state index in [2.05, 4.69) is 20.6 Å². The fraction of sp³-hybridized carbons (Fsp3) is 0.692. The Kier molecular flexibility index (Phi) is 7.53. The van der Waals surface area contributed by atoms with Crippen LogP contribution < -0.4 is 10.6 Å². The quantitative estimate of drug-likeness (QED) is 0.407. The van der Waals surface area contributed by atoms with Gasteiger partial charge in [0.15, 0.2) is 15.8 Å². The molecule has 0 aliphatic carbocycles. The Bertz CT molecular complexity index is 628. The highest BCUT2D eigenvalue weighted by atomic mass is 127. The highest BCUT2D eigenvalue weighted by Crippen LogP contribution is 2.18. The molecule has 2 rings (SSSR count). The molecular weight excluding hydrogens is 435 g/mol. The lowest BCUT2D eigenvalue weighted by Gasteiger charge is -2.15. The summed E-state index contributed by atoms with van der Waals surface area (Å²) in [5, 5.41) is 7.41. The Hall–Kier alpha value is -0.420. The van der Waals surface area contributed by atoms with E-state index >= 15 is 0 Å². The summed E-state index contributed by atoms with van der Waals surface area (Å²) in [5.74, 6) is 1.12. The van der Waals surface area contributed by atoms with Gasteiger partial charge in [-0.3, -0.25) is 0 Å². The number of aliphatic imine (C=N–C) groups is 1. The lowest BCUT2D eigenvalue weighted by Crippen LogP contribution is -2.44. The van der Waals surface area contributed by atoms with Gasteiger partial charge in [0.05, 0.1) is 28.8 Å². The van der Waals surface area contributed by atoms with Crippen molar-refractivity contribution in [3.63, 3.8) is 0 Å². The number of aryl methyl sites for hydroxylation is 2. The summed E-state index contributed by atoms with van der Waals surface area (Å²) in [6, 6.07) is -0.0444. The number of hydrogen-bond donors (Lipinski definition) is 2. The number of aromatic nitrogens is 1. The van der Waals surface area contributed by atoms with Crippen LogP contribution in [-0.2, 0) is 16.4 Å².